The Bertz CT molecular complexity index is 1040. The average Bonchev–Trinajstić information content (AvgIpc) is 3.43. The summed E-state index contributed by atoms with van der Waals surface area (Å²) in [6.07, 6.45) is 6.78. The number of aryl methyl sites for hydroxylation is 2. The highest BCUT2D eigenvalue weighted by Gasteiger charge is 2.19. The van der Waals surface area contributed by atoms with Gasteiger partial charge in [-0.2, -0.15) is 4.98 Å². The van der Waals surface area contributed by atoms with Crippen molar-refractivity contribution in [2.75, 3.05) is 25.1 Å². The highest BCUT2D eigenvalue weighted by Crippen LogP contribution is 2.23. The van der Waals surface area contributed by atoms with E-state index in [1.807, 2.05) is 26.0 Å². The number of thiophene rings is 1. The summed E-state index contributed by atoms with van der Waals surface area (Å²) in [6.45, 7) is 5.18. The third-order valence-electron chi connectivity index (χ3n) is 5.15. The lowest BCUT2D eigenvalue weighted by Crippen LogP contribution is -2.30. The molecule has 0 bridgehead atoms. The zero-order valence-corrected chi connectivity index (χ0v) is 18.4. The van der Waals surface area contributed by atoms with E-state index >= 15 is 0 Å². The van der Waals surface area contributed by atoms with Crippen LogP contribution in [0.2, 0.25) is 0 Å². The number of imidazole rings is 1. The van der Waals surface area contributed by atoms with E-state index in [9.17, 15) is 9.90 Å². The molecule has 1 aliphatic heterocycles. The Kier molecular flexibility index (Phi) is 6.59. The van der Waals surface area contributed by atoms with Crippen molar-refractivity contribution in [1.29, 1.82) is 0 Å². The number of amides is 1. The van der Waals surface area contributed by atoms with Crippen molar-refractivity contribution < 1.29 is 14.6 Å². The van der Waals surface area contributed by atoms with Gasteiger partial charge in [-0.05, 0) is 38.8 Å². The first kappa shape index (κ1) is 21.4. The van der Waals surface area contributed by atoms with Gasteiger partial charge in [0.1, 0.15) is 17.8 Å². The molecule has 164 valence electrons. The van der Waals surface area contributed by atoms with Crippen molar-refractivity contribution in [2.24, 2.45) is 0 Å². The molecule has 9 nitrogen and oxygen atoms in total. The summed E-state index contributed by atoms with van der Waals surface area (Å²) in [4.78, 5) is 28.0. The second-order valence-electron chi connectivity index (χ2n) is 7.55. The van der Waals surface area contributed by atoms with Crippen LogP contribution in [0.15, 0.2) is 30.9 Å². The summed E-state index contributed by atoms with van der Waals surface area (Å²) < 4.78 is 7.11. The Morgan fingerprint density at radius 3 is 2.84 bits per heavy atom. The van der Waals surface area contributed by atoms with Crippen LogP contribution in [0.4, 0.5) is 5.95 Å². The third-order valence-corrected chi connectivity index (χ3v) is 6.27. The molecule has 3 aromatic rings. The van der Waals surface area contributed by atoms with E-state index in [1.54, 1.807) is 34.6 Å². The second-order valence-corrected chi connectivity index (χ2v) is 8.87. The second kappa shape index (κ2) is 9.54. The smallest absolute Gasteiger partial charge is 0.272 e. The van der Waals surface area contributed by atoms with Gasteiger partial charge in [-0.25, -0.2) is 9.97 Å². The summed E-state index contributed by atoms with van der Waals surface area (Å²) in [5.41, 5.74) is 1.12. The minimum atomic E-state index is -0.465. The van der Waals surface area contributed by atoms with Crippen LogP contribution < -0.4 is 10.6 Å². The molecular formula is C21H26N6O3S. The normalized spacial score (nSPS) is 15.6. The zero-order valence-electron chi connectivity index (χ0n) is 17.5. The summed E-state index contributed by atoms with van der Waals surface area (Å²) >= 11 is 1.55. The van der Waals surface area contributed by atoms with Gasteiger partial charge in [0.15, 0.2) is 0 Å². The number of aliphatic hydroxyl groups is 1. The lowest BCUT2D eigenvalue weighted by Gasteiger charge is -2.23. The van der Waals surface area contributed by atoms with Crippen LogP contribution in [0.1, 0.15) is 44.7 Å². The highest BCUT2D eigenvalue weighted by molar-refractivity contribution is 7.12. The summed E-state index contributed by atoms with van der Waals surface area (Å²) in [5, 5.41) is 15.9. The van der Waals surface area contributed by atoms with Crippen LogP contribution in [0.5, 0.6) is 0 Å². The molecule has 4 heterocycles. The van der Waals surface area contributed by atoms with E-state index < -0.39 is 6.04 Å². The number of rotatable bonds is 7. The van der Waals surface area contributed by atoms with Gasteiger partial charge in [0, 0.05) is 47.0 Å². The van der Waals surface area contributed by atoms with Gasteiger partial charge < -0.3 is 20.5 Å². The van der Waals surface area contributed by atoms with Crippen LogP contribution in [0.3, 0.4) is 0 Å². The molecule has 1 saturated heterocycles. The minimum Gasteiger partial charge on any atom is -0.394 e. The molecule has 3 N–H and O–H groups in total. The number of hydrogen-bond acceptors (Lipinski definition) is 8. The van der Waals surface area contributed by atoms with E-state index in [2.05, 4.69) is 25.6 Å². The van der Waals surface area contributed by atoms with Gasteiger partial charge in [0.05, 0.1) is 12.6 Å². The molecule has 0 aromatic carbocycles. The van der Waals surface area contributed by atoms with Gasteiger partial charge in [-0.15, -0.1) is 11.3 Å². The lowest BCUT2D eigenvalue weighted by atomic mass is 10.1. The van der Waals surface area contributed by atoms with E-state index in [1.165, 1.54) is 0 Å². The molecule has 0 radical (unpaired) electrons. The first-order chi connectivity index (χ1) is 15.0. The molecule has 0 spiro atoms. The van der Waals surface area contributed by atoms with E-state index in [4.69, 9.17) is 4.74 Å². The molecular weight excluding hydrogens is 416 g/mol. The molecule has 31 heavy (non-hydrogen) atoms. The van der Waals surface area contributed by atoms with Crippen LogP contribution in [-0.4, -0.2) is 56.4 Å². The van der Waals surface area contributed by atoms with Crippen molar-refractivity contribution in [3.05, 3.63) is 51.9 Å². The zero-order chi connectivity index (χ0) is 21.8. The van der Waals surface area contributed by atoms with Crippen LogP contribution in [0, 0.1) is 13.8 Å². The molecule has 0 saturated carbocycles. The fourth-order valence-corrected chi connectivity index (χ4v) is 4.34. The predicted molar refractivity (Wildman–Crippen MR) is 118 cm³/mol. The Morgan fingerprint density at radius 1 is 1.32 bits per heavy atom. The number of carbonyl (C=O) groups excluding carboxylic acids is 1. The number of nitrogens with zero attached hydrogens (tertiary/aromatic N) is 4. The van der Waals surface area contributed by atoms with Gasteiger partial charge in [0.2, 0.25) is 5.95 Å². The number of ether oxygens (including phenoxy) is 1. The fraction of sp³-hybridized carbons (Fsp3) is 0.429. The predicted octanol–water partition coefficient (Wildman–Crippen LogP) is 2.39. The molecule has 1 fully saturated rings. The Morgan fingerprint density at radius 2 is 2.13 bits per heavy atom. The van der Waals surface area contributed by atoms with E-state index in [-0.39, 0.29) is 24.2 Å². The molecule has 1 atom stereocenters. The first-order valence-corrected chi connectivity index (χ1v) is 11.1. The third kappa shape index (κ3) is 5.09. The molecule has 3 aromatic heterocycles. The standard InChI is InChI=1S/C21H26N6O3S/c1-13-9-22-21(24-15-5-7-30-8-6-15)26-19(13)27-10-16(23-12-27)20(29)25-17(11-28)18-4-3-14(2)31-18/h3-4,9-10,12,15,17,28H,5-8,11H2,1-2H3,(H,25,29)(H,22,24,26). The Balaban J connectivity index is 1.48. The average molecular weight is 443 g/mol. The van der Waals surface area contributed by atoms with Crippen molar-refractivity contribution in [2.45, 2.75) is 38.8 Å². The topological polar surface area (TPSA) is 114 Å². The number of hydrogen-bond donors (Lipinski definition) is 3. The molecule has 4 rings (SSSR count). The highest BCUT2D eigenvalue weighted by atomic mass is 32.1. The fourth-order valence-electron chi connectivity index (χ4n) is 3.42. The largest absolute Gasteiger partial charge is 0.394 e. The number of aliphatic hydroxyl groups excluding tert-OH is 1. The Labute approximate surface area is 184 Å². The van der Waals surface area contributed by atoms with E-state index in [0.29, 0.717) is 11.8 Å². The van der Waals surface area contributed by atoms with Crippen LogP contribution >= 0.6 is 11.3 Å². The number of carbonyl (C=O) groups is 1. The maximum absolute atomic E-state index is 12.7. The quantitative estimate of drug-likeness (QED) is 0.515. The summed E-state index contributed by atoms with van der Waals surface area (Å²) in [6, 6.07) is 3.70. The molecule has 1 amide bonds. The van der Waals surface area contributed by atoms with Gasteiger partial charge in [-0.1, -0.05) is 0 Å². The van der Waals surface area contributed by atoms with Gasteiger partial charge >= 0.3 is 0 Å². The minimum absolute atomic E-state index is 0.182. The van der Waals surface area contributed by atoms with Gasteiger partial charge in [-0.3, -0.25) is 9.36 Å². The Hall–Kier alpha value is -2.82. The van der Waals surface area contributed by atoms with Crippen molar-refractivity contribution in [3.63, 3.8) is 0 Å². The molecule has 10 heteroatoms. The maximum Gasteiger partial charge on any atom is 0.272 e. The molecule has 0 aliphatic carbocycles. The van der Waals surface area contributed by atoms with Crippen molar-refractivity contribution >= 4 is 23.2 Å². The number of aromatic nitrogens is 4. The number of nitrogens with one attached hydrogen (secondary N) is 2. The first-order valence-electron chi connectivity index (χ1n) is 10.2. The molecule has 1 unspecified atom stereocenters. The van der Waals surface area contributed by atoms with Crippen molar-refractivity contribution in [1.82, 2.24) is 24.8 Å². The lowest BCUT2D eigenvalue weighted by molar-refractivity contribution is 0.0902. The van der Waals surface area contributed by atoms with Crippen LogP contribution in [-0.2, 0) is 4.74 Å². The maximum atomic E-state index is 12.7. The van der Waals surface area contributed by atoms with Crippen molar-refractivity contribution in [3.8, 4) is 5.82 Å². The van der Waals surface area contributed by atoms with Crippen LogP contribution in [0.25, 0.3) is 5.82 Å². The summed E-state index contributed by atoms with van der Waals surface area (Å²) in [5.74, 6) is 0.848. The molecule has 1 aliphatic rings. The van der Waals surface area contributed by atoms with E-state index in [0.717, 1.165) is 41.4 Å². The number of anilines is 1. The van der Waals surface area contributed by atoms with Gasteiger partial charge in [0.25, 0.3) is 5.91 Å². The summed E-state index contributed by atoms with van der Waals surface area (Å²) in [7, 11) is 0. The SMILES string of the molecule is Cc1ccc(C(CO)NC(=O)c2cn(-c3nc(NC4CCOCC4)ncc3C)cn2)s1. The monoisotopic (exact) mass is 442 g/mol.